The van der Waals surface area contributed by atoms with Crippen molar-refractivity contribution in [1.29, 1.82) is 0 Å². The Balaban J connectivity index is 2.25. The van der Waals surface area contributed by atoms with Crippen molar-refractivity contribution in [3.05, 3.63) is 0 Å². The van der Waals surface area contributed by atoms with Gasteiger partial charge in [-0.2, -0.15) is 0 Å². The number of nitrogens with one attached hydrogen (secondary N) is 1. The Morgan fingerprint density at radius 2 is 2.50 bits per heavy atom. The summed E-state index contributed by atoms with van der Waals surface area (Å²) in [6.45, 7) is 2.52. The van der Waals surface area contributed by atoms with Gasteiger partial charge in [0.2, 0.25) is 5.91 Å². The van der Waals surface area contributed by atoms with Crippen LogP contribution in [0.2, 0.25) is 0 Å². The highest BCUT2D eigenvalue weighted by atomic mass is 16.2. The van der Waals surface area contributed by atoms with E-state index >= 15 is 0 Å². The molecule has 0 aromatic carbocycles. The van der Waals surface area contributed by atoms with Gasteiger partial charge in [-0.05, 0) is 13.3 Å². The van der Waals surface area contributed by atoms with E-state index in [-0.39, 0.29) is 17.7 Å². The van der Waals surface area contributed by atoms with Crippen LogP contribution < -0.4 is 5.32 Å². The van der Waals surface area contributed by atoms with Gasteiger partial charge in [-0.15, -0.1) is 0 Å². The lowest BCUT2D eigenvalue weighted by molar-refractivity contribution is -0.123. The van der Waals surface area contributed by atoms with Gasteiger partial charge in [-0.3, -0.25) is 4.79 Å². The molecule has 0 aromatic rings. The average molecular weight is 141 g/mol. The maximum atomic E-state index is 10.9. The molecule has 1 aliphatic carbocycles. The van der Waals surface area contributed by atoms with Crippen LogP contribution in [0.25, 0.3) is 0 Å². The Morgan fingerprint density at radius 3 is 2.90 bits per heavy atom. The summed E-state index contributed by atoms with van der Waals surface area (Å²) in [5.41, 5.74) is 0. The molecule has 56 valence electrons. The highest BCUT2D eigenvalue weighted by Crippen LogP contribution is 2.36. The first-order valence-electron chi connectivity index (χ1n) is 3.52. The molecule has 10 heavy (non-hydrogen) atoms. The molecule has 0 aromatic heterocycles. The Bertz CT molecular complexity index is 156. The van der Waals surface area contributed by atoms with Gasteiger partial charge >= 0.3 is 0 Å². The van der Waals surface area contributed by atoms with Crippen molar-refractivity contribution in [2.24, 2.45) is 11.8 Å². The van der Waals surface area contributed by atoms with Crippen LogP contribution >= 0.6 is 0 Å². The number of rotatable bonds is 3. The third-order valence-electron chi connectivity index (χ3n) is 1.70. The number of carbonyl (C=O) groups is 2. The maximum Gasteiger partial charge on any atom is 0.223 e. The second kappa shape index (κ2) is 2.82. The third kappa shape index (κ3) is 1.35. The SMILES string of the molecule is CCNC(=O)[C@@H]1C[C@@H]1C=O. The van der Waals surface area contributed by atoms with Crippen LogP contribution in [-0.4, -0.2) is 18.7 Å². The summed E-state index contributed by atoms with van der Waals surface area (Å²) in [7, 11) is 0. The zero-order valence-corrected chi connectivity index (χ0v) is 5.96. The van der Waals surface area contributed by atoms with Crippen LogP contribution in [0, 0.1) is 11.8 Å². The van der Waals surface area contributed by atoms with E-state index in [0.29, 0.717) is 6.54 Å². The number of hydrogen-bond acceptors (Lipinski definition) is 2. The Kier molecular flexibility index (Phi) is 2.04. The van der Waals surface area contributed by atoms with Crippen molar-refractivity contribution in [2.75, 3.05) is 6.54 Å². The topological polar surface area (TPSA) is 46.2 Å². The van der Waals surface area contributed by atoms with E-state index < -0.39 is 0 Å². The van der Waals surface area contributed by atoms with E-state index in [2.05, 4.69) is 5.32 Å². The molecule has 0 bridgehead atoms. The number of hydrogen-bond donors (Lipinski definition) is 1. The maximum absolute atomic E-state index is 10.9. The molecule has 1 saturated carbocycles. The first-order chi connectivity index (χ1) is 4.79. The lowest BCUT2D eigenvalue weighted by atomic mass is 10.3. The van der Waals surface area contributed by atoms with E-state index in [9.17, 15) is 9.59 Å². The van der Waals surface area contributed by atoms with Crippen molar-refractivity contribution < 1.29 is 9.59 Å². The van der Waals surface area contributed by atoms with E-state index in [4.69, 9.17) is 0 Å². The molecule has 0 unspecified atom stereocenters. The second-order valence-electron chi connectivity index (χ2n) is 2.54. The van der Waals surface area contributed by atoms with Gasteiger partial charge in [0, 0.05) is 18.4 Å². The lowest BCUT2D eigenvalue weighted by Crippen LogP contribution is -2.24. The van der Waals surface area contributed by atoms with Gasteiger partial charge in [0.1, 0.15) is 6.29 Å². The minimum Gasteiger partial charge on any atom is -0.356 e. The predicted molar refractivity (Wildman–Crippen MR) is 36.3 cm³/mol. The van der Waals surface area contributed by atoms with Gasteiger partial charge in [0.05, 0.1) is 0 Å². The third-order valence-corrected chi connectivity index (χ3v) is 1.70. The quantitative estimate of drug-likeness (QED) is 0.560. The van der Waals surface area contributed by atoms with E-state index in [1.807, 2.05) is 6.92 Å². The molecule has 0 heterocycles. The Labute approximate surface area is 59.8 Å². The molecule has 0 aliphatic heterocycles. The van der Waals surface area contributed by atoms with Crippen LogP contribution in [0.15, 0.2) is 0 Å². The second-order valence-corrected chi connectivity index (χ2v) is 2.54. The molecular formula is C7H11NO2. The fourth-order valence-corrected chi connectivity index (χ4v) is 0.972. The Morgan fingerprint density at radius 1 is 1.80 bits per heavy atom. The smallest absolute Gasteiger partial charge is 0.223 e. The zero-order valence-electron chi connectivity index (χ0n) is 5.96. The van der Waals surface area contributed by atoms with Gasteiger partial charge in [-0.25, -0.2) is 0 Å². The molecule has 0 saturated heterocycles. The molecular weight excluding hydrogens is 130 g/mol. The summed E-state index contributed by atoms with van der Waals surface area (Å²) in [5.74, 6) is 0.0172. The monoisotopic (exact) mass is 141 g/mol. The van der Waals surface area contributed by atoms with Crippen LogP contribution in [-0.2, 0) is 9.59 Å². The minimum atomic E-state index is -0.0163. The standard InChI is InChI=1S/C7H11NO2/c1-2-8-7(10)6-3-5(6)4-9/h4-6H,2-3H2,1H3,(H,8,10)/t5-,6-/m1/s1. The summed E-state index contributed by atoms with van der Waals surface area (Å²) < 4.78 is 0. The fraction of sp³-hybridized carbons (Fsp3) is 0.714. The van der Waals surface area contributed by atoms with Gasteiger partial charge < -0.3 is 10.1 Å². The number of amides is 1. The van der Waals surface area contributed by atoms with Crippen molar-refractivity contribution in [3.8, 4) is 0 Å². The van der Waals surface area contributed by atoms with Crippen LogP contribution in [0.3, 0.4) is 0 Å². The first-order valence-corrected chi connectivity index (χ1v) is 3.52. The number of aldehydes is 1. The molecule has 1 amide bonds. The fourth-order valence-electron chi connectivity index (χ4n) is 0.972. The minimum absolute atomic E-state index is 0.00606. The van der Waals surface area contributed by atoms with Crippen LogP contribution in [0.4, 0.5) is 0 Å². The van der Waals surface area contributed by atoms with Gasteiger partial charge in [-0.1, -0.05) is 0 Å². The highest BCUT2D eigenvalue weighted by molar-refractivity contribution is 5.85. The van der Waals surface area contributed by atoms with Crippen molar-refractivity contribution >= 4 is 12.2 Å². The number of carbonyl (C=O) groups excluding carboxylic acids is 2. The summed E-state index contributed by atoms with van der Waals surface area (Å²) in [6, 6.07) is 0. The molecule has 3 heteroatoms. The van der Waals surface area contributed by atoms with Crippen LogP contribution in [0.1, 0.15) is 13.3 Å². The molecule has 1 N–H and O–H groups in total. The largest absolute Gasteiger partial charge is 0.356 e. The summed E-state index contributed by atoms with van der Waals surface area (Å²) in [5, 5.41) is 2.67. The van der Waals surface area contributed by atoms with E-state index in [1.54, 1.807) is 0 Å². The van der Waals surface area contributed by atoms with Crippen molar-refractivity contribution in [3.63, 3.8) is 0 Å². The Hall–Kier alpha value is -0.860. The first kappa shape index (κ1) is 7.25. The normalized spacial score (nSPS) is 29.3. The lowest BCUT2D eigenvalue weighted by Gasteiger charge is -1.96. The van der Waals surface area contributed by atoms with Crippen LogP contribution in [0.5, 0.6) is 0 Å². The van der Waals surface area contributed by atoms with E-state index in [0.717, 1.165) is 12.7 Å². The summed E-state index contributed by atoms with van der Waals surface area (Å²) >= 11 is 0. The predicted octanol–water partition coefficient (Wildman–Crippen LogP) is -0.0425. The molecule has 1 aliphatic rings. The molecule has 0 radical (unpaired) electrons. The average Bonchev–Trinajstić information content (AvgIpc) is 2.66. The van der Waals surface area contributed by atoms with Gasteiger partial charge in [0.15, 0.2) is 0 Å². The van der Waals surface area contributed by atoms with Crippen molar-refractivity contribution in [2.45, 2.75) is 13.3 Å². The highest BCUT2D eigenvalue weighted by Gasteiger charge is 2.42. The molecule has 0 spiro atoms. The van der Waals surface area contributed by atoms with Crippen molar-refractivity contribution in [1.82, 2.24) is 5.32 Å². The van der Waals surface area contributed by atoms with Gasteiger partial charge in [0.25, 0.3) is 0 Å². The molecule has 1 rings (SSSR count). The zero-order chi connectivity index (χ0) is 7.56. The molecule has 2 atom stereocenters. The summed E-state index contributed by atoms with van der Waals surface area (Å²) in [4.78, 5) is 21.0. The summed E-state index contributed by atoms with van der Waals surface area (Å²) in [6.07, 6.45) is 1.61. The van der Waals surface area contributed by atoms with E-state index in [1.165, 1.54) is 0 Å². The molecule has 1 fully saturated rings. The molecule has 3 nitrogen and oxygen atoms in total.